The minimum atomic E-state index is -0.0839. The Morgan fingerprint density at radius 1 is 1.12 bits per heavy atom. The zero-order valence-corrected chi connectivity index (χ0v) is 16.2. The lowest BCUT2D eigenvalue weighted by Crippen LogP contribution is -2.49. The van der Waals surface area contributed by atoms with Crippen molar-refractivity contribution in [3.63, 3.8) is 0 Å². The normalized spacial score (nSPS) is 14.7. The van der Waals surface area contributed by atoms with E-state index < -0.39 is 0 Å². The van der Waals surface area contributed by atoms with Gasteiger partial charge in [-0.1, -0.05) is 22.4 Å². The monoisotopic (exact) mass is 422 g/mol. The van der Waals surface area contributed by atoms with Crippen LogP contribution in [0.3, 0.4) is 0 Å². The summed E-state index contributed by atoms with van der Waals surface area (Å²) in [5.41, 5.74) is -0.0702. The molecule has 1 aliphatic rings. The van der Waals surface area contributed by atoms with Crippen molar-refractivity contribution < 1.29 is 9.21 Å². The number of hydrogen-bond donors (Lipinski definition) is 0. The van der Waals surface area contributed by atoms with Crippen LogP contribution in [0.4, 0.5) is 5.82 Å². The summed E-state index contributed by atoms with van der Waals surface area (Å²) in [5.74, 6) is 1.07. The number of aryl methyl sites for hydroxylation is 1. The van der Waals surface area contributed by atoms with E-state index in [0.29, 0.717) is 38.5 Å². The average Bonchev–Trinajstić information content (AvgIpc) is 3.21. The molecule has 0 unspecified atom stereocenters. The van der Waals surface area contributed by atoms with Crippen LogP contribution in [0.5, 0.6) is 0 Å². The van der Waals surface area contributed by atoms with Gasteiger partial charge in [0.2, 0.25) is 0 Å². The van der Waals surface area contributed by atoms with Crippen molar-refractivity contribution in [1.29, 1.82) is 0 Å². The Bertz CT molecular complexity index is 767. The smallest absolute Gasteiger partial charge is 0.289 e. The highest BCUT2D eigenvalue weighted by molar-refractivity contribution is 9.09. The van der Waals surface area contributed by atoms with Crippen LogP contribution in [-0.4, -0.2) is 52.1 Å². The number of rotatable bonds is 7. The summed E-state index contributed by atoms with van der Waals surface area (Å²) < 4.78 is 6.73. The number of alkyl halides is 1. The van der Waals surface area contributed by atoms with E-state index in [1.807, 2.05) is 0 Å². The predicted molar refractivity (Wildman–Crippen MR) is 103 cm³/mol. The molecule has 1 saturated heterocycles. The van der Waals surface area contributed by atoms with Crippen molar-refractivity contribution in [2.45, 2.75) is 25.8 Å². The van der Waals surface area contributed by atoms with Gasteiger partial charge in [-0.3, -0.25) is 9.59 Å². The molecule has 0 radical (unpaired) electrons. The molecule has 2 aromatic heterocycles. The number of nitrogens with zero attached hydrogens (tertiary/aromatic N) is 4. The maximum atomic E-state index is 12.3. The Hall–Kier alpha value is -2.09. The van der Waals surface area contributed by atoms with Crippen molar-refractivity contribution in [3.05, 3.63) is 46.6 Å². The van der Waals surface area contributed by atoms with Gasteiger partial charge in [0.15, 0.2) is 5.76 Å². The molecule has 0 N–H and O–H groups in total. The van der Waals surface area contributed by atoms with E-state index in [0.717, 1.165) is 30.4 Å². The SMILES string of the molecule is O=C(c1ccco1)N1CCN(c2ccc(=O)n(CCCCCBr)n2)CC1. The van der Waals surface area contributed by atoms with E-state index in [-0.39, 0.29) is 11.5 Å². The third kappa shape index (κ3) is 4.55. The largest absolute Gasteiger partial charge is 0.459 e. The highest BCUT2D eigenvalue weighted by atomic mass is 79.9. The Morgan fingerprint density at radius 3 is 2.62 bits per heavy atom. The Balaban J connectivity index is 1.58. The van der Waals surface area contributed by atoms with E-state index in [1.54, 1.807) is 33.8 Å². The third-order valence-electron chi connectivity index (χ3n) is 4.48. The number of hydrogen-bond acceptors (Lipinski definition) is 5. The molecule has 3 rings (SSSR count). The van der Waals surface area contributed by atoms with E-state index in [9.17, 15) is 9.59 Å². The van der Waals surface area contributed by atoms with Crippen LogP contribution < -0.4 is 10.5 Å². The van der Waals surface area contributed by atoms with Gasteiger partial charge in [-0.25, -0.2) is 4.68 Å². The summed E-state index contributed by atoms with van der Waals surface area (Å²) in [4.78, 5) is 28.2. The third-order valence-corrected chi connectivity index (χ3v) is 5.04. The molecule has 0 spiro atoms. The number of anilines is 1. The van der Waals surface area contributed by atoms with Crippen LogP contribution in [0.2, 0.25) is 0 Å². The molecule has 140 valence electrons. The summed E-state index contributed by atoms with van der Waals surface area (Å²) in [6.45, 7) is 3.20. The molecule has 0 atom stereocenters. The lowest BCUT2D eigenvalue weighted by Gasteiger charge is -2.35. The lowest BCUT2D eigenvalue weighted by atomic mass is 10.2. The first-order valence-corrected chi connectivity index (χ1v) is 10.0. The molecule has 1 amide bonds. The Kier molecular flexibility index (Phi) is 6.49. The molecule has 0 aliphatic carbocycles. The lowest BCUT2D eigenvalue weighted by molar-refractivity contribution is 0.0714. The van der Waals surface area contributed by atoms with Gasteiger partial charge in [0.05, 0.1) is 6.26 Å². The van der Waals surface area contributed by atoms with Crippen molar-refractivity contribution in [2.24, 2.45) is 0 Å². The molecular weight excluding hydrogens is 400 g/mol. The summed E-state index contributed by atoms with van der Waals surface area (Å²) in [5, 5.41) is 5.49. The number of amides is 1. The van der Waals surface area contributed by atoms with Gasteiger partial charge >= 0.3 is 0 Å². The first-order chi connectivity index (χ1) is 12.7. The van der Waals surface area contributed by atoms with E-state index in [1.165, 1.54) is 6.26 Å². The van der Waals surface area contributed by atoms with Gasteiger partial charge in [-0.05, 0) is 31.0 Å². The molecule has 0 aromatic carbocycles. The van der Waals surface area contributed by atoms with E-state index >= 15 is 0 Å². The summed E-state index contributed by atoms with van der Waals surface area (Å²) >= 11 is 3.42. The van der Waals surface area contributed by atoms with Gasteiger partial charge < -0.3 is 14.2 Å². The molecule has 1 aliphatic heterocycles. The average molecular weight is 423 g/mol. The number of carbonyl (C=O) groups excluding carboxylic acids is 1. The molecule has 26 heavy (non-hydrogen) atoms. The quantitative estimate of drug-likeness (QED) is 0.505. The van der Waals surface area contributed by atoms with Crippen molar-refractivity contribution in [3.8, 4) is 0 Å². The van der Waals surface area contributed by atoms with Crippen molar-refractivity contribution in [1.82, 2.24) is 14.7 Å². The fourth-order valence-corrected chi connectivity index (χ4v) is 3.39. The number of aromatic nitrogens is 2. The number of furan rings is 1. The highest BCUT2D eigenvalue weighted by Crippen LogP contribution is 2.14. The molecular formula is C18H23BrN4O3. The number of piperazine rings is 1. The fourth-order valence-electron chi connectivity index (χ4n) is 2.99. The molecule has 1 fully saturated rings. The second-order valence-electron chi connectivity index (χ2n) is 6.26. The van der Waals surface area contributed by atoms with Gasteiger partial charge in [-0.2, -0.15) is 5.10 Å². The zero-order valence-electron chi connectivity index (χ0n) is 14.6. The first kappa shape index (κ1) is 18.7. The van der Waals surface area contributed by atoms with Crippen molar-refractivity contribution >= 4 is 27.7 Å². The van der Waals surface area contributed by atoms with Crippen LogP contribution in [-0.2, 0) is 6.54 Å². The van der Waals surface area contributed by atoms with Crippen LogP contribution >= 0.6 is 15.9 Å². The number of unbranched alkanes of at least 4 members (excludes halogenated alkanes) is 2. The minimum Gasteiger partial charge on any atom is -0.459 e. The van der Waals surface area contributed by atoms with Crippen molar-refractivity contribution in [2.75, 3.05) is 36.4 Å². The second-order valence-corrected chi connectivity index (χ2v) is 7.05. The number of carbonyl (C=O) groups is 1. The van der Waals surface area contributed by atoms with Crippen LogP contribution in [0.1, 0.15) is 29.8 Å². The zero-order chi connectivity index (χ0) is 18.4. The first-order valence-electron chi connectivity index (χ1n) is 8.91. The summed E-state index contributed by atoms with van der Waals surface area (Å²) in [7, 11) is 0. The van der Waals surface area contributed by atoms with Gasteiger partial charge in [0.1, 0.15) is 5.82 Å². The molecule has 0 bridgehead atoms. The molecule has 3 heterocycles. The Morgan fingerprint density at radius 2 is 1.92 bits per heavy atom. The molecule has 8 heteroatoms. The van der Waals surface area contributed by atoms with Crippen LogP contribution in [0.25, 0.3) is 0 Å². The predicted octanol–water partition coefficient (Wildman–Crippen LogP) is 2.36. The number of halogens is 1. The summed E-state index contributed by atoms with van der Waals surface area (Å²) in [6, 6.07) is 6.74. The maximum Gasteiger partial charge on any atom is 0.289 e. The maximum absolute atomic E-state index is 12.3. The van der Waals surface area contributed by atoms with Gasteiger partial charge in [0, 0.05) is 44.1 Å². The fraction of sp³-hybridized carbons (Fsp3) is 0.500. The topological polar surface area (TPSA) is 71.6 Å². The van der Waals surface area contributed by atoms with Gasteiger partial charge in [-0.15, -0.1) is 0 Å². The molecule has 2 aromatic rings. The van der Waals surface area contributed by atoms with Gasteiger partial charge in [0.25, 0.3) is 11.5 Å². The van der Waals surface area contributed by atoms with E-state index in [2.05, 4.69) is 25.9 Å². The van der Waals surface area contributed by atoms with E-state index in [4.69, 9.17) is 4.42 Å². The summed E-state index contributed by atoms with van der Waals surface area (Å²) in [6.07, 6.45) is 4.61. The van der Waals surface area contributed by atoms with Crippen LogP contribution in [0.15, 0.2) is 39.7 Å². The standard InChI is InChI=1S/C18H23BrN4O3/c19-8-2-1-3-9-23-17(24)7-6-16(20-23)21-10-12-22(13-11-21)18(25)15-5-4-14-26-15/h4-7,14H,1-3,8-13H2. The highest BCUT2D eigenvalue weighted by Gasteiger charge is 2.24. The van der Waals surface area contributed by atoms with Crippen LogP contribution in [0, 0.1) is 0 Å². The Labute approximate surface area is 160 Å². The molecule has 7 nitrogen and oxygen atoms in total. The molecule has 0 saturated carbocycles. The second kappa shape index (κ2) is 9.02. The minimum absolute atomic E-state index is 0.0702.